The molecule has 0 saturated carbocycles. The van der Waals surface area contributed by atoms with Crippen LogP contribution in [-0.4, -0.2) is 134 Å². The fraction of sp³-hybridized carbons (Fsp3) is 0.621. The van der Waals surface area contributed by atoms with Crippen LogP contribution in [0.5, 0.6) is 5.75 Å². The summed E-state index contributed by atoms with van der Waals surface area (Å²) in [5.74, 6) is 1.50. The molecule has 1 unspecified atom stereocenters. The topological polar surface area (TPSA) is 221 Å². The lowest BCUT2D eigenvalue weighted by Crippen LogP contribution is -2.67. The number of likely N-dealkylation sites (tertiary alicyclic amines) is 1. The minimum absolute atomic E-state index is 0.00317. The van der Waals surface area contributed by atoms with Crippen molar-refractivity contribution in [1.29, 1.82) is 0 Å². The first-order valence-corrected chi connectivity index (χ1v) is 27.5. The molecule has 5 fully saturated rings. The fourth-order valence-electron chi connectivity index (χ4n) is 11.5. The molecule has 5 aliphatic rings. The summed E-state index contributed by atoms with van der Waals surface area (Å²) in [6, 6.07) is 24.6. The van der Waals surface area contributed by atoms with Crippen LogP contribution in [0.4, 0.5) is 10.5 Å². The van der Waals surface area contributed by atoms with E-state index in [1.807, 2.05) is 67.0 Å². The number of unbranched alkanes of at least 4 members (excludes halogenated alkanes) is 7. The maximum atomic E-state index is 14.4. The van der Waals surface area contributed by atoms with Crippen molar-refractivity contribution in [2.75, 3.05) is 50.8 Å². The van der Waals surface area contributed by atoms with Crippen LogP contribution in [0.2, 0.25) is 0 Å². The smallest absolute Gasteiger partial charge is 0.317 e. The Morgan fingerprint density at radius 3 is 1.80 bits per heavy atom. The van der Waals surface area contributed by atoms with Crippen molar-refractivity contribution < 1.29 is 53.9 Å². The number of carbonyl (C=O) groups excluding carboxylic acids is 4. The number of amides is 5. The molecule has 74 heavy (non-hydrogen) atoms. The van der Waals surface area contributed by atoms with E-state index in [1.54, 1.807) is 0 Å². The van der Waals surface area contributed by atoms with Gasteiger partial charge >= 0.3 is 6.03 Å². The Morgan fingerprint density at radius 1 is 0.703 bits per heavy atom. The molecule has 0 aliphatic carbocycles. The highest BCUT2D eigenvalue weighted by molar-refractivity contribution is 6.06. The van der Waals surface area contributed by atoms with Crippen molar-refractivity contribution in [3.05, 3.63) is 95.1 Å². The van der Waals surface area contributed by atoms with Crippen LogP contribution in [0.1, 0.15) is 145 Å². The van der Waals surface area contributed by atoms with Gasteiger partial charge in [0.05, 0.1) is 43.8 Å². The number of quaternary nitrogens is 1. The molecule has 8 N–H and O–H groups in total. The summed E-state index contributed by atoms with van der Waals surface area (Å²) < 4.78 is 7.55. The number of aliphatic hydroxyl groups excluding tert-OH is 5. The third-order valence-corrected chi connectivity index (χ3v) is 16.1. The van der Waals surface area contributed by atoms with Crippen molar-refractivity contribution >= 4 is 29.4 Å². The number of benzene rings is 3. The van der Waals surface area contributed by atoms with Gasteiger partial charge in [-0.15, -0.1) is 0 Å². The Bertz CT molecular complexity index is 2260. The molecule has 0 radical (unpaired) electrons. The monoisotopic (exact) mass is 1030 g/mol. The second kappa shape index (κ2) is 26.1. The highest BCUT2D eigenvalue weighted by Crippen LogP contribution is 2.57. The summed E-state index contributed by atoms with van der Waals surface area (Å²) in [6.07, 6.45) is 6.78. The SMILES string of the molecule is CC(C)(C)NC(=O)N1CCC2(CC1)C(=O)N(c1ccc(CNC(=O)CCCCCCCCCCC(=O)NC[C@@H](O)[C@H](O)[C@@H](O)[C@@H](O)CO)cc1)C2c1ccc(OCc2ccc(C[N+]34CCC(CC3)CC4)cc2)cc1. The summed E-state index contributed by atoms with van der Waals surface area (Å²) in [6.45, 7) is 11.7. The van der Waals surface area contributed by atoms with E-state index < -0.39 is 36.4 Å². The van der Waals surface area contributed by atoms with Crippen LogP contribution in [0.25, 0.3) is 0 Å². The lowest BCUT2D eigenvalue weighted by molar-refractivity contribution is -0.955. The first-order valence-electron chi connectivity index (χ1n) is 27.5. The fourth-order valence-corrected chi connectivity index (χ4v) is 11.5. The molecular weight excluding hydrogens is 941 g/mol. The summed E-state index contributed by atoms with van der Waals surface area (Å²) in [5.41, 5.74) is 4.27. The van der Waals surface area contributed by atoms with Crippen molar-refractivity contribution in [2.45, 2.75) is 173 Å². The van der Waals surface area contributed by atoms with Crippen LogP contribution in [0.3, 0.4) is 0 Å². The second-order valence-corrected chi connectivity index (χ2v) is 22.9. The summed E-state index contributed by atoms with van der Waals surface area (Å²) in [5, 5.41) is 56.5. The number of carbonyl (C=O) groups is 4. The number of rotatable bonds is 26. The number of fused-ring (bicyclic) bond motifs is 3. The number of nitrogens with one attached hydrogen (secondary N) is 3. The summed E-state index contributed by atoms with van der Waals surface area (Å²) in [7, 11) is 0. The number of aliphatic hydroxyl groups is 5. The predicted octanol–water partition coefficient (Wildman–Crippen LogP) is 6.14. The lowest BCUT2D eigenvalue weighted by Gasteiger charge is -2.59. The van der Waals surface area contributed by atoms with Gasteiger partial charge in [-0.3, -0.25) is 14.4 Å². The minimum atomic E-state index is -1.73. The summed E-state index contributed by atoms with van der Waals surface area (Å²) in [4.78, 5) is 56.2. The van der Waals surface area contributed by atoms with Gasteiger partial charge in [-0.05, 0) is 113 Å². The Balaban J connectivity index is 0.837. The molecule has 8 rings (SSSR count). The Morgan fingerprint density at radius 2 is 1.23 bits per heavy atom. The molecule has 5 saturated heterocycles. The van der Waals surface area contributed by atoms with E-state index in [2.05, 4.69) is 52.3 Å². The molecule has 1 spiro atoms. The molecule has 3 aromatic rings. The van der Waals surface area contributed by atoms with Crippen LogP contribution in [0, 0.1) is 11.3 Å². The molecule has 5 heterocycles. The van der Waals surface area contributed by atoms with Crippen molar-refractivity contribution in [3.63, 3.8) is 0 Å². The first kappa shape index (κ1) is 56.6. The molecule has 406 valence electrons. The molecule has 5 atom stereocenters. The predicted molar refractivity (Wildman–Crippen MR) is 283 cm³/mol. The van der Waals surface area contributed by atoms with E-state index in [9.17, 15) is 39.6 Å². The van der Waals surface area contributed by atoms with Crippen LogP contribution in [0.15, 0.2) is 72.8 Å². The zero-order valence-corrected chi connectivity index (χ0v) is 44.2. The zero-order valence-electron chi connectivity index (χ0n) is 44.2. The second-order valence-electron chi connectivity index (χ2n) is 22.9. The van der Waals surface area contributed by atoms with Gasteiger partial charge in [0.25, 0.3) is 0 Å². The normalized spacial score (nSPS) is 21.9. The highest BCUT2D eigenvalue weighted by Gasteiger charge is 2.62. The molecular formula is C58H85N6O10+. The molecule has 16 heteroatoms. The number of β-lactam (4-membered cyclic amide) rings is 1. The Kier molecular flexibility index (Phi) is 20.0. The van der Waals surface area contributed by atoms with Gasteiger partial charge < -0.3 is 60.5 Å². The van der Waals surface area contributed by atoms with Gasteiger partial charge in [0.2, 0.25) is 17.7 Å². The minimum Gasteiger partial charge on any atom is -0.489 e. The molecule has 2 bridgehead atoms. The summed E-state index contributed by atoms with van der Waals surface area (Å²) >= 11 is 0. The number of hydrogen-bond acceptors (Lipinski definition) is 10. The maximum absolute atomic E-state index is 14.4. The van der Waals surface area contributed by atoms with Crippen molar-refractivity contribution in [1.82, 2.24) is 20.9 Å². The van der Waals surface area contributed by atoms with Gasteiger partial charge in [-0.1, -0.05) is 87.1 Å². The average Bonchev–Trinajstić information content (AvgIpc) is 3.41. The first-order chi connectivity index (χ1) is 35.5. The molecule has 16 nitrogen and oxygen atoms in total. The van der Waals surface area contributed by atoms with Crippen molar-refractivity contribution in [3.8, 4) is 5.75 Å². The Hall–Kier alpha value is -5.10. The number of ether oxygens (including phenoxy) is 1. The van der Waals surface area contributed by atoms with E-state index in [-0.39, 0.29) is 48.3 Å². The van der Waals surface area contributed by atoms with E-state index in [1.165, 1.54) is 48.9 Å². The number of urea groups is 1. The zero-order chi connectivity index (χ0) is 52.9. The molecule has 3 aromatic carbocycles. The number of piperidine rings is 4. The largest absolute Gasteiger partial charge is 0.489 e. The maximum Gasteiger partial charge on any atom is 0.317 e. The third kappa shape index (κ3) is 15.1. The van der Waals surface area contributed by atoms with E-state index in [0.717, 1.165) is 85.5 Å². The van der Waals surface area contributed by atoms with E-state index in [0.29, 0.717) is 51.9 Å². The standard InChI is InChI=1S/C58H84N6O10/c1-57(2,3)61-56(73)62-31-29-58(30-32-62)54(45-20-24-47(25-21-45)74-40-44-16-14-43(15-17-44)38-64-33-26-41(27-34-64)28-35-64)63(55(58)72)46-22-18-42(19-23-46)36-59-50(68)12-10-8-6-4-5-7-9-11-13-51(69)60-37-48(66)52(70)53(71)49(67)39-65/h14-25,41,48-49,52-54,65-67,70-71H,4-13,26-40H2,1-3H3,(H2-,59,60,61,68,69,73)/p+1/t41?,48-,49+,52+,53+,54?,64?/m1/s1. The highest BCUT2D eigenvalue weighted by atomic mass is 16.5. The average molecular weight is 1030 g/mol. The molecule has 0 aromatic heterocycles. The Labute approximate surface area is 438 Å². The van der Waals surface area contributed by atoms with Gasteiger partial charge in [-0.25, -0.2) is 4.79 Å². The van der Waals surface area contributed by atoms with Crippen LogP contribution in [-0.2, 0) is 34.1 Å². The van der Waals surface area contributed by atoms with E-state index in [4.69, 9.17) is 9.84 Å². The van der Waals surface area contributed by atoms with Crippen LogP contribution >= 0.6 is 0 Å². The van der Waals surface area contributed by atoms with Gasteiger partial charge in [0, 0.05) is 55.8 Å². The van der Waals surface area contributed by atoms with Gasteiger partial charge in [0.1, 0.15) is 37.2 Å². The number of hydrogen-bond donors (Lipinski definition) is 8. The van der Waals surface area contributed by atoms with Gasteiger partial charge in [-0.2, -0.15) is 0 Å². The number of nitrogens with zero attached hydrogens (tertiary/aromatic N) is 3. The van der Waals surface area contributed by atoms with Crippen molar-refractivity contribution in [2.24, 2.45) is 11.3 Å². The molecule has 5 aliphatic heterocycles. The molecule has 5 amide bonds. The van der Waals surface area contributed by atoms with Crippen LogP contribution < -0.4 is 25.6 Å². The third-order valence-electron chi connectivity index (χ3n) is 16.1. The van der Waals surface area contributed by atoms with Gasteiger partial charge in [0.15, 0.2) is 0 Å². The van der Waals surface area contributed by atoms with E-state index >= 15 is 0 Å². The lowest BCUT2D eigenvalue weighted by atomic mass is 9.62. The quantitative estimate of drug-likeness (QED) is 0.0261. The number of anilines is 1.